The van der Waals surface area contributed by atoms with Crippen LogP contribution in [0.3, 0.4) is 0 Å². The van der Waals surface area contributed by atoms with Crippen molar-refractivity contribution in [1.29, 1.82) is 5.26 Å². The Morgan fingerprint density at radius 3 is 2.81 bits per heavy atom. The van der Waals surface area contributed by atoms with Crippen molar-refractivity contribution < 1.29 is 19.0 Å². The molecule has 0 saturated heterocycles. The van der Waals surface area contributed by atoms with Crippen LogP contribution in [0.25, 0.3) is 0 Å². The maximum absolute atomic E-state index is 13.2. The molecule has 2 aromatic rings. The van der Waals surface area contributed by atoms with E-state index in [4.69, 9.17) is 15.1 Å². The van der Waals surface area contributed by atoms with E-state index in [0.29, 0.717) is 10.0 Å². The number of para-hydroxylation sites is 1. The van der Waals surface area contributed by atoms with Crippen LogP contribution in [0.15, 0.2) is 40.9 Å². The summed E-state index contributed by atoms with van der Waals surface area (Å²) in [6.45, 7) is 0.0256. The topological polar surface area (TPSA) is 70.3 Å². The van der Waals surface area contributed by atoms with Crippen LogP contribution in [0.5, 0.6) is 5.75 Å². The average Bonchev–Trinajstić information content (AvgIpc) is 2.47. The highest BCUT2D eigenvalue weighted by molar-refractivity contribution is 9.10. The molecule has 0 aliphatic heterocycles. The molecule has 0 heterocycles. The van der Waals surface area contributed by atoms with Gasteiger partial charge in [0.2, 0.25) is 0 Å². The number of nitrogens with zero attached hydrogens (tertiary/aromatic N) is 1. The summed E-state index contributed by atoms with van der Waals surface area (Å²) in [7, 11) is 0. The Balaban J connectivity index is 2.25. The molecule has 0 fully saturated rings. The number of halogens is 2. The number of carboxylic acid groups (broad SMARTS) is 1. The van der Waals surface area contributed by atoms with Gasteiger partial charge in [-0.2, -0.15) is 5.26 Å². The zero-order valence-corrected chi connectivity index (χ0v) is 12.2. The van der Waals surface area contributed by atoms with Crippen LogP contribution in [-0.2, 0) is 6.61 Å². The summed E-state index contributed by atoms with van der Waals surface area (Å²) in [5.41, 5.74) is 0.508. The molecule has 0 spiro atoms. The Morgan fingerprint density at radius 2 is 2.14 bits per heavy atom. The number of carboxylic acids is 1. The first kappa shape index (κ1) is 15.0. The van der Waals surface area contributed by atoms with Crippen molar-refractivity contribution in [2.45, 2.75) is 6.61 Å². The van der Waals surface area contributed by atoms with E-state index in [2.05, 4.69) is 15.9 Å². The molecule has 2 aromatic carbocycles. The van der Waals surface area contributed by atoms with E-state index in [1.54, 1.807) is 18.2 Å². The van der Waals surface area contributed by atoms with Gasteiger partial charge in [-0.15, -0.1) is 0 Å². The molecule has 0 aliphatic rings. The quantitative estimate of drug-likeness (QED) is 0.912. The first-order valence-corrected chi connectivity index (χ1v) is 6.65. The van der Waals surface area contributed by atoms with Gasteiger partial charge in [-0.25, -0.2) is 9.18 Å². The predicted molar refractivity (Wildman–Crippen MR) is 76.5 cm³/mol. The van der Waals surface area contributed by atoms with E-state index in [9.17, 15) is 9.18 Å². The first-order valence-electron chi connectivity index (χ1n) is 5.86. The molecule has 1 N–H and O–H groups in total. The van der Waals surface area contributed by atoms with Gasteiger partial charge in [0.25, 0.3) is 0 Å². The van der Waals surface area contributed by atoms with Gasteiger partial charge in [0.05, 0.1) is 10.0 Å². The van der Waals surface area contributed by atoms with Gasteiger partial charge in [0, 0.05) is 0 Å². The predicted octanol–water partition coefficient (Wildman–Crippen LogP) is 3.74. The van der Waals surface area contributed by atoms with Crippen molar-refractivity contribution in [3.05, 3.63) is 63.4 Å². The van der Waals surface area contributed by atoms with Crippen LogP contribution < -0.4 is 4.74 Å². The van der Waals surface area contributed by atoms with Gasteiger partial charge in [-0.05, 0) is 45.8 Å². The van der Waals surface area contributed by atoms with Crippen LogP contribution in [0.1, 0.15) is 21.5 Å². The highest BCUT2D eigenvalue weighted by atomic mass is 79.9. The molecule has 0 atom stereocenters. The average molecular weight is 350 g/mol. The molecule has 0 aliphatic carbocycles. The zero-order chi connectivity index (χ0) is 15.4. The number of ether oxygens (including phenoxy) is 1. The molecular formula is C15H9BrFNO3. The summed E-state index contributed by atoms with van der Waals surface area (Å²) in [5, 5.41) is 17.9. The summed E-state index contributed by atoms with van der Waals surface area (Å²) in [5.74, 6) is -1.52. The molecule has 106 valence electrons. The molecule has 0 radical (unpaired) electrons. The molecule has 4 nitrogen and oxygen atoms in total. The van der Waals surface area contributed by atoms with Gasteiger partial charge in [0.1, 0.15) is 29.8 Å². The van der Waals surface area contributed by atoms with Crippen molar-refractivity contribution in [2.75, 3.05) is 0 Å². The number of nitriles is 1. The summed E-state index contributed by atoms with van der Waals surface area (Å²) in [6.07, 6.45) is 0. The van der Waals surface area contributed by atoms with Crippen molar-refractivity contribution in [3.8, 4) is 11.8 Å². The van der Waals surface area contributed by atoms with Crippen molar-refractivity contribution in [1.82, 2.24) is 0 Å². The fourth-order valence-electron chi connectivity index (χ4n) is 1.73. The second kappa shape index (κ2) is 6.37. The molecule has 0 amide bonds. The Labute approximate surface area is 128 Å². The SMILES string of the molecule is N#Cc1cc(COc2c(Br)cccc2C(=O)O)ccc1F. The number of carbonyl (C=O) groups is 1. The maximum Gasteiger partial charge on any atom is 0.339 e. The maximum atomic E-state index is 13.2. The largest absolute Gasteiger partial charge is 0.487 e. The number of aromatic carboxylic acids is 1. The molecule has 21 heavy (non-hydrogen) atoms. The highest BCUT2D eigenvalue weighted by Crippen LogP contribution is 2.30. The lowest BCUT2D eigenvalue weighted by molar-refractivity contribution is 0.0691. The Morgan fingerprint density at radius 1 is 1.38 bits per heavy atom. The van der Waals surface area contributed by atoms with Crippen molar-refractivity contribution >= 4 is 21.9 Å². The van der Waals surface area contributed by atoms with Crippen LogP contribution in [0.4, 0.5) is 4.39 Å². The van der Waals surface area contributed by atoms with E-state index in [1.165, 1.54) is 24.3 Å². The van der Waals surface area contributed by atoms with Gasteiger partial charge < -0.3 is 9.84 Å². The lowest BCUT2D eigenvalue weighted by Gasteiger charge is -2.11. The highest BCUT2D eigenvalue weighted by Gasteiger charge is 2.14. The lowest BCUT2D eigenvalue weighted by atomic mass is 10.1. The van der Waals surface area contributed by atoms with E-state index in [-0.39, 0.29) is 23.5 Å². The van der Waals surface area contributed by atoms with Crippen LogP contribution in [0.2, 0.25) is 0 Å². The summed E-state index contributed by atoms with van der Waals surface area (Å²) in [6, 6.07) is 10.4. The number of benzene rings is 2. The summed E-state index contributed by atoms with van der Waals surface area (Å²) >= 11 is 3.23. The normalized spacial score (nSPS) is 9.95. The molecule has 2 rings (SSSR count). The van der Waals surface area contributed by atoms with Crippen LogP contribution >= 0.6 is 15.9 Å². The summed E-state index contributed by atoms with van der Waals surface area (Å²) in [4.78, 5) is 11.1. The Hall–Kier alpha value is -2.39. The van der Waals surface area contributed by atoms with Gasteiger partial charge in [-0.1, -0.05) is 12.1 Å². The third-order valence-electron chi connectivity index (χ3n) is 2.73. The minimum Gasteiger partial charge on any atom is -0.487 e. The third kappa shape index (κ3) is 3.38. The van der Waals surface area contributed by atoms with E-state index in [0.717, 1.165) is 0 Å². The van der Waals surface area contributed by atoms with Crippen molar-refractivity contribution in [3.63, 3.8) is 0 Å². The molecule has 0 bridgehead atoms. The van der Waals surface area contributed by atoms with Gasteiger partial charge in [0.15, 0.2) is 0 Å². The number of rotatable bonds is 4. The fourth-order valence-corrected chi connectivity index (χ4v) is 2.21. The minimum absolute atomic E-state index is 0.0204. The Bertz CT molecular complexity index is 740. The molecule has 6 heteroatoms. The smallest absolute Gasteiger partial charge is 0.339 e. The lowest BCUT2D eigenvalue weighted by Crippen LogP contribution is -2.04. The van der Waals surface area contributed by atoms with Gasteiger partial charge in [-0.3, -0.25) is 0 Å². The zero-order valence-electron chi connectivity index (χ0n) is 10.6. The fraction of sp³-hybridized carbons (Fsp3) is 0.0667. The third-order valence-corrected chi connectivity index (χ3v) is 3.36. The monoisotopic (exact) mass is 349 g/mol. The standard InChI is InChI=1S/C15H9BrFNO3/c16-12-3-1-2-11(15(19)20)14(12)21-8-9-4-5-13(17)10(6-9)7-18/h1-6H,8H2,(H,19,20). The van der Waals surface area contributed by atoms with Gasteiger partial charge >= 0.3 is 5.97 Å². The number of hydrogen-bond donors (Lipinski definition) is 1. The van der Waals surface area contributed by atoms with Crippen molar-refractivity contribution in [2.24, 2.45) is 0 Å². The van der Waals surface area contributed by atoms with E-state index >= 15 is 0 Å². The second-order valence-corrected chi connectivity index (χ2v) is 4.99. The second-order valence-electron chi connectivity index (χ2n) is 4.14. The van der Waals surface area contributed by atoms with Crippen LogP contribution in [0, 0.1) is 17.1 Å². The summed E-state index contributed by atoms with van der Waals surface area (Å²) < 4.78 is 19.2. The molecule has 0 unspecified atom stereocenters. The molecule has 0 saturated carbocycles. The number of hydrogen-bond acceptors (Lipinski definition) is 3. The molecule has 0 aromatic heterocycles. The molecular weight excluding hydrogens is 341 g/mol. The first-order chi connectivity index (χ1) is 10.0. The van der Waals surface area contributed by atoms with E-state index < -0.39 is 11.8 Å². The Kier molecular flexibility index (Phi) is 4.55. The minimum atomic E-state index is -1.11. The van der Waals surface area contributed by atoms with E-state index in [1.807, 2.05) is 0 Å². The van der Waals surface area contributed by atoms with Crippen LogP contribution in [-0.4, -0.2) is 11.1 Å².